The molecule has 0 bridgehead atoms. The Hall–Kier alpha value is -2.36. The van der Waals surface area contributed by atoms with Crippen LogP contribution in [-0.2, 0) is 0 Å². The van der Waals surface area contributed by atoms with E-state index in [1.54, 1.807) is 18.2 Å². The van der Waals surface area contributed by atoms with Crippen LogP contribution >= 0.6 is 12.6 Å². The van der Waals surface area contributed by atoms with Crippen molar-refractivity contribution < 1.29 is 0 Å². The van der Waals surface area contributed by atoms with Gasteiger partial charge < -0.3 is 5.73 Å². The van der Waals surface area contributed by atoms with Crippen LogP contribution < -0.4 is 5.73 Å². The van der Waals surface area contributed by atoms with Crippen molar-refractivity contribution in [1.29, 1.82) is 0 Å². The van der Waals surface area contributed by atoms with Gasteiger partial charge in [0.15, 0.2) is 0 Å². The monoisotopic (exact) mass is 370 g/mol. The molecule has 0 fully saturated rings. The smallest absolute Gasteiger partial charge is 0.0382 e. The number of nitrogens with zero attached hydrogens (tertiary/aromatic N) is 1. The lowest BCUT2D eigenvalue weighted by molar-refractivity contribution is 1.12. The van der Waals surface area contributed by atoms with Crippen molar-refractivity contribution in [2.75, 3.05) is 7.05 Å². The van der Waals surface area contributed by atoms with Crippen LogP contribution in [0.2, 0.25) is 0 Å². The summed E-state index contributed by atoms with van der Waals surface area (Å²) in [7, 11) is 1.50. The molecule has 0 saturated heterocycles. The number of hydrogen-bond acceptors (Lipinski definition) is 3. The summed E-state index contributed by atoms with van der Waals surface area (Å²) in [5, 5.41) is 1.44. The van der Waals surface area contributed by atoms with Gasteiger partial charge in [-0.25, -0.2) is 0 Å². The third-order valence-corrected chi connectivity index (χ3v) is 2.36. The Morgan fingerprint density at radius 2 is 1.19 bits per heavy atom. The summed E-state index contributed by atoms with van der Waals surface area (Å²) in [5.74, 6) is 0. The highest BCUT2D eigenvalue weighted by molar-refractivity contribution is 7.83. The molecule has 0 radical (unpaired) electrons. The summed E-state index contributed by atoms with van der Waals surface area (Å²) >= 11 is 3.55. The van der Waals surface area contributed by atoms with Gasteiger partial charge in [0.1, 0.15) is 0 Å². The predicted molar refractivity (Wildman–Crippen MR) is 125 cm³/mol. The van der Waals surface area contributed by atoms with Gasteiger partial charge in [0, 0.05) is 11.4 Å². The van der Waals surface area contributed by atoms with E-state index in [1.807, 2.05) is 26.8 Å². The van der Waals surface area contributed by atoms with Crippen molar-refractivity contribution in [3.8, 4) is 11.1 Å². The molecule has 0 saturated carbocycles. The van der Waals surface area contributed by atoms with Crippen LogP contribution in [0.4, 0.5) is 0 Å². The second-order valence-electron chi connectivity index (χ2n) is 4.57. The first-order valence-electron chi connectivity index (χ1n) is 8.14. The van der Waals surface area contributed by atoms with E-state index >= 15 is 0 Å². The number of pyridine rings is 1. The fraction of sp³-hybridized carbons (Fsp3) is 0.174. The number of aromatic nitrogens is 1. The van der Waals surface area contributed by atoms with Crippen LogP contribution in [0.15, 0.2) is 92.4 Å². The minimum atomic E-state index is 1.07. The van der Waals surface area contributed by atoms with Crippen LogP contribution in [0.1, 0.15) is 18.3 Å². The molecule has 142 valence electrons. The standard InChI is InChI=1S/C13H13N.C4H6.C3H6.C2H4S.CH5N/c1-10-8-13(9-11(2)14-10)12-6-4-3-5-7-12;1-3-4-2;1-3-2;1-2-3;1-2/h3-9H,1-2H3;3-4H,1-2H2;3H,1H2,2H3;2-3H,1H2;2H2,1H3. The van der Waals surface area contributed by atoms with E-state index in [-0.39, 0.29) is 0 Å². The zero-order valence-corrected chi connectivity index (χ0v) is 17.5. The number of hydrogen-bond donors (Lipinski definition) is 2. The number of benzene rings is 1. The summed E-state index contributed by atoms with van der Waals surface area (Å²) < 4.78 is 0. The van der Waals surface area contributed by atoms with Crippen molar-refractivity contribution in [2.24, 2.45) is 5.73 Å². The second-order valence-corrected chi connectivity index (χ2v) is 4.93. The van der Waals surface area contributed by atoms with E-state index in [9.17, 15) is 0 Å². The Morgan fingerprint density at radius 3 is 1.50 bits per heavy atom. The molecule has 0 spiro atoms. The van der Waals surface area contributed by atoms with Gasteiger partial charge in [-0.3, -0.25) is 4.98 Å². The van der Waals surface area contributed by atoms with Crippen LogP contribution in [-0.4, -0.2) is 12.0 Å². The zero-order chi connectivity index (χ0) is 20.8. The highest BCUT2D eigenvalue weighted by Gasteiger charge is 1.98. The Bertz CT molecular complexity index is 573. The van der Waals surface area contributed by atoms with E-state index in [0.29, 0.717) is 0 Å². The molecule has 1 aromatic heterocycles. The molecule has 2 nitrogen and oxygen atoms in total. The van der Waals surface area contributed by atoms with Gasteiger partial charge in [0.2, 0.25) is 0 Å². The molecule has 0 aliphatic carbocycles. The number of nitrogens with two attached hydrogens (primary N) is 1. The largest absolute Gasteiger partial charge is 0.333 e. The molecule has 0 unspecified atom stereocenters. The van der Waals surface area contributed by atoms with Crippen molar-refractivity contribution in [1.82, 2.24) is 4.98 Å². The van der Waals surface area contributed by atoms with Crippen molar-refractivity contribution in [2.45, 2.75) is 20.8 Å². The molecule has 0 amide bonds. The lowest BCUT2D eigenvalue weighted by Gasteiger charge is -2.03. The molecule has 0 aliphatic heterocycles. The molecule has 0 atom stereocenters. The van der Waals surface area contributed by atoms with Gasteiger partial charge in [-0.15, -0.1) is 6.58 Å². The highest BCUT2D eigenvalue weighted by Crippen LogP contribution is 2.19. The van der Waals surface area contributed by atoms with Crippen molar-refractivity contribution >= 4 is 12.6 Å². The molecule has 26 heavy (non-hydrogen) atoms. The summed E-state index contributed by atoms with van der Waals surface area (Å²) in [6.45, 7) is 19.3. The van der Waals surface area contributed by atoms with Gasteiger partial charge in [-0.1, -0.05) is 68.3 Å². The van der Waals surface area contributed by atoms with Gasteiger partial charge in [0.25, 0.3) is 0 Å². The van der Waals surface area contributed by atoms with Gasteiger partial charge >= 0.3 is 0 Å². The summed E-state index contributed by atoms with van der Waals surface area (Å²) in [4.78, 5) is 4.36. The molecule has 3 heteroatoms. The molecular formula is C23H34N2S. The maximum absolute atomic E-state index is 4.50. The average Bonchev–Trinajstić information content (AvgIpc) is 2.65. The Balaban J connectivity index is -0.000000368. The van der Waals surface area contributed by atoms with Crippen molar-refractivity contribution in [3.63, 3.8) is 0 Å². The SMILES string of the molecule is C=CC.C=CC=C.C=CS.CN.Cc1cc(-c2ccccc2)cc(C)n1. The minimum absolute atomic E-state index is 1.07. The first-order valence-corrected chi connectivity index (χ1v) is 8.66. The molecule has 0 aliphatic rings. The topological polar surface area (TPSA) is 38.9 Å². The van der Waals surface area contributed by atoms with Crippen LogP contribution in [0.3, 0.4) is 0 Å². The van der Waals surface area contributed by atoms with E-state index in [4.69, 9.17) is 0 Å². The second kappa shape index (κ2) is 22.6. The average molecular weight is 371 g/mol. The van der Waals surface area contributed by atoms with Gasteiger partial charge in [-0.2, -0.15) is 12.6 Å². The number of allylic oxidation sites excluding steroid dienone is 3. The quantitative estimate of drug-likeness (QED) is 0.357. The lowest BCUT2D eigenvalue weighted by Crippen LogP contribution is -1.87. The molecule has 1 aromatic carbocycles. The molecular weight excluding hydrogens is 336 g/mol. The van der Waals surface area contributed by atoms with Crippen LogP contribution in [0.5, 0.6) is 0 Å². The molecule has 1 heterocycles. The van der Waals surface area contributed by atoms with E-state index in [1.165, 1.54) is 23.6 Å². The summed E-state index contributed by atoms with van der Waals surface area (Å²) in [5.41, 5.74) is 9.14. The summed E-state index contributed by atoms with van der Waals surface area (Å²) in [6, 6.07) is 14.6. The normalized spacial score (nSPS) is 7.46. The predicted octanol–water partition coefficient (Wildman–Crippen LogP) is 6.55. The van der Waals surface area contributed by atoms with Crippen LogP contribution in [0, 0.1) is 13.8 Å². The Morgan fingerprint density at radius 1 is 0.846 bits per heavy atom. The highest BCUT2D eigenvalue weighted by atomic mass is 32.1. The Kier molecular flexibility index (Phi) is 24.8. The first kappa shape index (κ1) is 28.4. The third-order valence-electron chi connectivity index (χ3n) is 2.36. The maximum atomic E-state index is 4.50. The fourth-order valence-electron chi connectivity index (χ4n) is 1.63. The lowest BCUT2D eigenvalue weighted by atomic mass is 10.1. The Labute approximate surface area is 166 Å². The zero-order valence-electron chi connectivity index (χ0n) is 16.7. The minimum Gasteiger partial charge on any atom is -0.333 e. The fourth-order valence-corrected chi connectivity index (χ4v) is 1.63. The molecule has 2 rings (SSSR count). The number of thiol groups is 1. The van der Waals surface area contributed by atoms with Gasteiger partial charge in [-0.05, 0) is 56.5 Å². The van der Waals surface area contributed by atoms with Crippen LogP contribution in [0.25, 0.3) is 11.1 Å². The van der Waals surface area contributed by atoms with Gasteiger partial charge in [0.05, 0.1) is 0 Å². The summed E-state index contributed by atoms with van der Waals surface area (Å²) in [6.07, 6.45) is 5.03. The van der Waals surface area contributed by atoms with Crippen molar-refractivity contribution in [3.05, 3.63) is 104 Å². The first-order chi connectivity index (χ1) is 12.5. The third kappa shape index (κ3) is 18.0. The maximum Gasteiger partial charge on any atom is 0.0382 e. The number of rotatable bonds is 2. The molecule has 2 N–H and O–H groups in total. The van der Waals surface area contributed by atoms with E-state index < -0.39 is 0 Å². The van der Waals surface area contributed by atoms with E-state index in [0.717, 1.165) is 11.4 Å². The molecule has 2 aromatic rings. The number of aryl methyl sites for hydroxylation is 2. The van der Waals surface area contributed by atoms with E-state index in [2.05, 4.69) is 86.1 Å².